The molecule has 4 rings (SSSR count). The molecule has 1 heterocycles. The highest BCUT2D eigenvalue weighted by molar-refractivity contribution is 5.96. The molecule has 3 aromatic carbocycles. The maximum absolute atomic E-state index is 12.6. The normalized spacial score (nSPS) is 14.7. The van der Waals surface area contributed by atoms with E-state index in [2.05, 4.69) is 29.2 Å². The summed E-state index contributed by atoms with van der Waals surface area (Å²) in [6.45, 7) is 2.08. The Hall–Kier alpha value is -3.42. The number of benzene rings is 3. The SMILES string of the molecule is N#Cc1cccc2c1N(CCCOCc1ccccc1)C(CCC(=O)c1ccccc1)C2. The Morgan fingerprint density at radius 1 is 1.00 bits per heavy atom. The largest absolute Gasteiger partial charge is 0.377 e. The van der Waals surface area contributed by atoms with Crippen molar-refractivity contribution in [3.63, 3.8) is 0 Å². The van der Waals surface area contributed by atoms with Crippen molar-refractivity contribution in [3.8, 4) is 6.07 Å². The molecule has 0 fully saturated rings. The molecule has 1 aliphatic rings. The number of fused-ring (bicyclic) bond motifs is 1. The first-order chi connectivity index (χ1) is 15.8. The third-order valence-electron chi connectivity index (χ3n) is 6.02. The number of hydrogen-bond acceptors (Lipinski definition) is 4. The van der Waals surface area contributed by atoms with E-state index < -0.39 is 0 Å². The predicted octanol–water partition coefficient (Wildman–Crippen LogP) is 5.56. The number of nitriles is 1. The maximum Gasteiger partial charge on any atom is 0.162 e. The minimum Gasteiger partial charge on any atom is -0.377 e. The van der Waals surface area contributed by atoms with Gasteiger partial charge in [-0.1, -0.05) is 72.8 Å². The molecule has 0 N–H and O–H groups in total. The van der Waals surface area contributed by atoms with Gasteiger partial charge in [-0.25, -0.2) is 0 Å². The van der Waals surface area contributed by atoms with Gasteiger partial charge in [0.25, 0.3) is 0 Å². The number of carbonyl (C=O) groups is 1. The van der Waals surface area contributed by atoms with Crippen LogP contribution < -0.4 is 4.90 Å². The van der Waals surface area contributed by atoms with E-state index in [9.17, 15) is 10.1 Å². The van der Waals surface area contributed by atoms with Crippen molar-refractivity contribution >= 4 is 11.5 Å². The lowest BCUT2D eigenvalue weighted by Crippen LogP contribution is -2.34. The van der Waals surface area contributed by atoms with Crippen LogP contribution in [0.2, 0.25) is 0 Å². The smallest absolute Gasteiger partial charge is 0.162 e. The molecule has 4 heteroatoms. The molecule has 1 atom stereocenters. The summed E-state index contributed by atoms with van der Waals surface area (Å²) in [5, 5.41) is 9.65. The van der Waals surface area contributed by atoms with Crippen LogP contribution in [0.25, 0.3) is 0 Å². The number of anilines is 1. The van der Waals surface area contributed by atoms with Crippen LogP contribution >= 0.6 is 0 Å². The van der Waals surface area contributed by atoms with Crippen LogP contribution in [0.15, 0.2) is 78.9 Å². The lowest BCUT2D eigenvalue weighted by Gasteiger charge is -2.28. The summed E-state index contributed by atoms with van der Waals surface area (Å²) in [6.07, 6.45) is 3.02. The second kappa shape index (κ2) is 10.7. The maximum atomic E-state index is 12.6. The number of nitrogens with zero attached hydrogens (tertiary/aromatic N) is 2. The Morgan fingerprint density at radius 3 is 2.50 bits per heavy atom. The lowest BCUT2D eigenvalue weighted by molar-refractivity contribution is 0.0976. The first-order valence-electron chi connectivity index (χ1n) is 11.2. The number of Topliss-reactive ketones (excluding diaryl/α,β-unsaturated/α-hetero) is 1. The minimum absolute atomic E-state index is 0.174. The van der Waals surface area contributed by atoms with E-state index in [1.54, 1.807) is 0 Å². The number of rotatable bonds is 10. The van der Waals surface area contributed by atoms with Gasteiger partial charge in [0.05, 0.1) is 17.9 Å². The van der Waals surface area contributed by atoms with Gasteiger partial charge in [0, 0.05) is 31.2 Å². The van der Waals surface area contributed by atoms with Gasteiger partial charge in [-0.15, -0.1) is 0 Å². The van der Waals surface area contributed by atoms with E-state index in [0.717, 1.165) is 37.1 Å². The molecule has 0 bridgehead atoms. The highest BCUT2D eigenvalue weighted by Gasteiger charge is 2.31. The van der Waals surface area contributed by atoms with Crippen molar-refractivity contribution in [1.29, 1.82) is 5.26 Å². The van der Waals surface area contributed by atoms with Crippen molar-refractivity contribution in [2.75, 3.05) is 18.1 Å². The van der Waals surface area contributed by atoms with Crippen LogP contribution in [0, 0.1) is 11.3 Å². The molecule has 0 saturated heterocycles. The Bertz CT molecular complexity index is 1070. The zero-order valence-corrected chi connectivity index (χ0v) is 18.2. The predicted molar refractivity (Wildman–Crippen MR) is 127 cm³/mol. The molecule has 1 aliphatic heterocycles. The zero-order chi connectivity index (χ0) is 22.2. The zero-order valence-electron chi connectivity index (χ0n) is 18.2. The van der Waals surface area contributed by atoms with Crippen molar-refractivity contribution in [2.45, 2.75) is 38.3 Å². The highest BCUT2D eigenvalue weighted by atomic mass is 16.5. The van der Waals surface area contributed by atoms with E-state index >= 15 is 0 Å². The summed E-state index contributed by atoms with van der Waals surface area (Å²) in [7, 11) is 0. The number of hydrogen-bond donors (Lipinski definition) is 0. The van der Waals surface area contributed by atoms with Crippen molar-refractivity contribution < 1.29 is 9.53 Å². The van der Waals surface area contributed by atoms with Crippen LogP contribution in [0.3, 0.4) is 0 Å². The van der Waals surface area contributed by atoms with Crippen LogP contribution in [-0.4, -0.2) is 25.0 Å². The van der Waals surface area contributed by atoms with E-state index in [-0.39, 0.29) is 11.8 Å². The average Bonchev–Trinajstić information content (AvgIpc) is 3.21. The average molecular weight is 425 g/mol. The molecule has 0 radical (unpaired) electrons. The number of carbonyl (C=O) groups excluding carboxylic acids is 1. The molecule has 4 nitrogen and oxygen atoms in total. The van der Waals surface area contributed by atoms with E-state index in [4.69, 9.17) is 4.74 Å². The lowest BCUT2D eigenvalue weighted by atomic mass is 10.0. The number of ether oxygens (including phenoxy) is 1. The molecule has 3 aromatic rings. The van der Waals surface area contributed by atoms with Gasteiger partial charge in [0.15, 0.2) is 5.78 Å². The summed E-state index contributed by atoms with van der Waals surface area (Å²) < 4.78 is 5.87. The summed E-state index contributed by atoms with van der Waals surface area (Å²) >= 11 is 0. The molecule has 32 heavy (non-hydrogen) atoms. The van der Waals surface area contributed by atoms with Crippen molar-refractivity contribution in [3.05, 3.63) is 101 Å². The van der Waals surface area contributed by atoms with Gasteiger partial charge in [-0.2, -0.15) is 5.26 Å². The van der Waals surface area contributed by atoms with Gasteiger partial charge in [-0.3, -0.25) is 4.79 Å². The fraction of sp³-hybridized carbons (Fsp3) is 0.286. The molecule has 0 spiro atoms. The molecule has 0 saturated carbocycles. The van der Waals surface area contributed by atoms with Crippen molar-refractivity contribution in [2.24, 2.45) is 0 Å². The highest BCUT2D eigenvalue weighted by Crippen LogP contribution is 2.37. The van der Waals surface area contributed by atoms with Gasteiger partial charge in [0.2, 0.25) is 0 Å². The standard InChI is InChI=1S/C28H28N2O2/c29-20-25-14-7-13-24-19-26(15-16-27(31)23-11-5-2-6-12-23)30(28(24)25)17-8-18-32-21-22-9-3-1-4-10-22/h1-7,9-14,26H,8,15-19,21H2. The van der Waals surface area contributed by atoms with Gasteiger partial charge in [-0.05, 0) is 36.5 Å². The Kier molecular flexibility index (Phi) is 7.32. The van der Waals surface area contributed by atoms with Crippen LogP contribution in [-0.2, 0) is 17.8 Å². The molecule has 162 valence electrons. The summed E-state index contributed by atoms with van der Waals surface area (Å²) in [5.41, 5.74) is 4.89. The molecular weight excluding hydrogens is 396 g/mol. The topological polar surface area (TPSA) is 53.3 Å². The number of para-hydroxylation sites is 1. The third kappa shape index (κ3) is 5.25. The van der Waals surface area contributed by atoms with E-state index in [1.807, 2.05) is 60.7 Å². The fourth-order valence-corrected chi connectivity index (χ4v) is 4.45. The van der Waals surface area contributed by atoms with Gasteiger partial charge in [0.1, 0.15) is 6.07 Å². The van der Waals surface area contributed by atoms with Crippen molar-refractivity contribution in [1.82, 2.24) is 0 Å². The summed E-state index contributed by atoms with van der Waals surface area (Å²) in [6, 6.07) is 28.2. The van der Waals surface area contributed by atoms with E-state index in [1.165, 1.54) is 11.1 Å². The van der Waals surface area contributed by atoms with Crippen LogP contribution in [0.5, 0.6) is 0 Å². The summed E-state index contributed by atoms with van der Waals surface area (Å²) in [4.78, 5) is 15.0. The molecular formula is C28H28N2O2. The van der Waals surface area contributed by atoms with Gasteiger partial charge < -0.3 is 9.64 Å². The minimum atomic E-state index is 0.174. The Morgan fingerprint density at radius 2 is 1.75 bits per heavy atom. The fourth-order valence-electron chi connectivity index (χ4n) is 4.45. The van der Waals surface area contributed by atoms with Crippen LogP contribution in [0.4, 0.5) is 5.69 Å². The second-order valence-corrected chi connectivity index (χ2v) is 8.20. The summed E-state index contributed by atoms with van der Waals surface area (Å²) in [5.74, 6) is 0.174. The molecule has 0 aliphatic carbocycles. The number of ketones is 1. The molecule has 0 amide bonds. The van der Waals surface area contributed by atoms with Gasteiger partial charge >= 0.3 is 0 Å². The monoisotopic (exact) mass is 424 g/mol. The Balaban J connectivity index is 1.38. The Labute approximate surface area is 190 Å². The second-order valence-electron chi connectivity index (χ2n) is 8.20. The van der Waals surface area contributed by atoms with E-state index in [0.29, 0.717) is 25.2 Å². The molecule has 1 unspecified atom stereocenters. The first-order valence-corrected chi connectivity index (χ1v) is 11.2. The quantitative estimate of drug-likeness (QED) is 0.316. The first kappa shape index (κ1) is 21.8. The molecule has 0 aromatic heterocycles. The van der Waals surface area contributed by atoms with Crippen LogP contribution in [0.1, 0.15) is 46.3 Å². The third-order valence-corrected chi connectivity index (χ3v) is 6.02.